The Balaban J connectivity index is 1.24. The molecular formula is C37H42O10. The molecule has 1 aliphatic rings. The van der Waals surface area contributed by atoms with Crippen molar-refractivity contribution in [1.82, 2.24) is 0 Å². The first-order valence-corrected chi connectivity index (χ1v) is 15.8. The third kappa shape index (κ3) is 10.4. The third-order valence-electron chi connectivity index (χ3n) is 8.03. The van der Waals surface area contributed by atoms with Gasteiger partial charge in [0.25, 0.3) is 0 Å². The standard InChI is InChI=1S/C37H42O10/c1-23(2)32-15-6-25(5)20-33(32)47-36(40)29-8-7-28-22-31(14-11-27(28)21-29)45-35(39)26-9-12-30(13-10-26)46-37(41)44-19-17-42-16-18-43-34(38)24(3)4/h7-14,21-23,25,32-33H,3,6,15-20H2,1-2,4-5H3. The van der Waals surface area contributed by atoms with Crippen LogP contribution in [0.4, 0.5) is 4.79 Å². The zero-order valence-electron chi connectivity index (χ0n) is 27.3. The van der Waals surface area contributed by atoms with Crippen molar-refractivity contribution in [2.75, 3.05) is 26.4 Å². The SMILES string of the molecule is C=C(C)C(=O)OCCOCCOC(=O)Oc1ccc(C(=O)Oc2ccc3cc(C(=O)OC4CC(C)CCC4C(C)C)ccc3c2)cc1. The van der Waals surface area contributed by atoms with Crippen molar-refractivity contribution in [3.63, 3.8) is 0 Å². The van der Waals surface area contributed by atoms with Gasteiger partial charge in [-0.2, -0.15) is 0 Å². The van der Waals surface area contributed by atoms with Gasteiger partial charge >= 0.3 is 24.1 Å². The number of carbonyl (C=O) groups is 4. The number of rotatable bonds is 13. The maximum absolute atomic E-state index is 13.1. The first kappa shape index (κ1) is 35.2. The Morgan fingerprint density at radius 2 is 1.40 bits per heavy atom. The van der Waals surface area contributed by atoms with Crippen LogP contribution in [-0.2, 0) is 23.7 Å². The van der Waals surface area contributed by atoms with Crippen LogP contribution in [0, 0.1) is 17.8 Å². The normalized spacial score (nSPS) is 17.5. The minimum absolute atomic E-state index is 0.0591. The fourth-order valence-electron chi connectivity index (χ4n) is 5.42. The van der Waals surface area contributed by atoms with Crippen molar-refractivity contribution in [3.05, 3.63) is 83.9 Å². The van der Waals surface area contributed by atoms with Crippen LogP contribution in [0.25, 0.3) is 10.8 Å². The molecule has 0 N–H and O–H groups in total. The molecule has 0 aliphatic heterocycles. The molecule has 0 radical (unpaired) electrons. The van der Waals surface area contributed by atoms with Crippen molar-refractivity contribution in [2.24, 2.45) is 17.8 Å². The number of esters is 3. The van der Waals surface area contributed by atoms with Crippen molar-refractivity contribution in [1.29, 1.82) is 0 Å². The minimum atomic E-state index is -0.937. The van der Waals surface area contributed by atoms with Gasteiger partial charge in [0.2, 0.25) is 0 Å². The van der Waals surface area contributed by atoms with E-state index in [0.717, 1.165) is 30.0 Å². The highest BCUT2D eigenvalue weighted by Gasteiger charge is 2.33. The molecule has 0 heterocycles. The first-order valence-electron chi connectivity index (χ1n) is 15.8. The summed E-state index contributed by atoms with van der Waals surface area (Å²) in [6.07, 6.45) is 2.10. The average Bonchev–Trinajstić information content (AvgIpc) is 3.04. The summed E-state index contributed by atoms with van der Waals surface area (Å²) in [7, 11) is 0. The van der Waals surface area contributed by atoms with Gasteiger partial charge in [-0.15, -0.1) is 0 Å². The summed E-state index contributed by atoms with van der Waals surface area (Å²) in [5, 5.41) is 1.62. The number of hydrogen-bond acceptors (Lipinski definition) is 10. The Kier molecular flexibility index (Phi) is 12.5. The van der Waals surface area contributed by atoms with Gasteiger partial charge in [0.15, 0.2) is 0 Å². The molecule has 0 bridgehead atoms. The van der Waals surface area contributed by atoms with E-state index in [-0.39, 0.29) is 49.8 Å². The topological polar surface area (TPSA) is 124 Å². The van der Waals surface area contributed by atoms with Gasteiger partial charge in [0.05, 0.1) is 24.3 Å². The van der Waals surface area contributed by atoms with E-state index in [9.17, 15) is 19.2 Å². The molecule has 47 heavy (non-hydrogen) atoms. The smallest absolute Gasteiger partial charge is 0.460 e. The third-order valence-corrected chi connectivity index (χ3v) is 8.03. The first-order chi connectivity index (χ1) is 22.5. The number of ether oxygens (including phenoxy) is 6. The minimum Gasteiger partial charge on any atom is -0.460 e. The maximum Gasteiger partial charge on any atom is 0.513 e. The van der Waals surface area contributed by atoms with Crippen LogP contribution in [0.15, 0.2) is 72.8 Å². The highest BCUT2D eigenvalue weighted by Crippen LogP contribution is 2.36. The molecule has 0 aromatic heterocycles. The van der Waals surface area contributed by atoms with Crippen molar-refractivity contribution < 1.29 is 47.6 Å². The Labute approximate surface area is 274 Å². The van der Waals surface area contributed by atoms with Gasteiger partial charge in [-0.25, -0.2) is 19.2 Å². The molecule has 10 heteroatoms. The Hall–Kier alpha value is -4.70. The summed E-state index contributed by atoms with van der Waals surface area (Å²) in [5.74, 6) is 0.454. The van der Waals surface area contributed by atoms with Gasteiger partial charge in [-0.1, -0.05) is 45.9 Å². The second kappa shape index (κ2) is 16.7. The summed E-state index contributed by atoms with van der Waals surface area (Å²) in [6, 6.07) is 16.4. The molecule has 4 rings (SSSR count). The number of fused-ring (bicyclic) bond motifs is 1. The van der Waals surface area contributed by atoms with E-state index in [0.29, 0.717) is 34.6 Å². The Morgan fingerprint density at radius 1 is 0.766 bits per heavy atom. The average molecular weight is 647 g/mol. The van der Waals surface area contributed by atoms with Crippen molar-refractivity contribution in [3.8, 4) is 11.5 Å². The monoisotopic (exact) mass is 646 g/mol. The molecule has 3 atom stereocenters. The van der Waals surface area contributed by atoms with Crippen LogP contribution in [0.3, 0.4) is 0 Å². The van der Waals surface area contributed by atoms with E-state index in [1.54, 1.807) is 37.3 Å². The molecule has 0 amide bonds. The van der Waals surface area contributed by atoms with Crippen molar-refractivity contribution >= 4 is 34.8 Å². The van der Waals surface area contributed by atoms with E-state index < -0.39 is 18.1 Å². The van der Waals surface area contributed by atoms with Gasteiger partial charge < -0.3 is 28.4 Å². The molecule has 3 aromatic carbocycles. The molecule has 250 valence electrons. The van der Waals surface area contributed by atoms with E-state index >= 15 is 0 Å². The van der Waals surface area contributed by atoms with E-state index in [1.165, 1.54) is 24.3 Å². The molecule has 3 unspecified atom stereocenters. The molecule has 1 fully saturated rings. The molecule has 3 aromatic rings. The van der Waals surface area contributed by atoms with Crippen LogP contribution in [0.2, 0.25) is 0 Å². The Bertz CT molecular complexity index is 1580. The molecule has 10 nitrogen and oxygen atoms in total. The zero-order chi connectivity index (χ0) is 33.9. The Morgan fingerprint density at radius 3 is 2.11 bits per heavy atom. The van der Waals surface area contributed by atoms with Gasteiger partial charge in [0.1, 0.15) is 30.8 Å². The number of carbonyl (C=O) groups excluding carboxylic acids is 4. The van der Waals surface area contributed by atoms with Crippen LogP contribution in [0.1, 0.15) is 67.7 Å². The lowest BCUT2D eigenvalue weighted by molar-refractivity contribution is -0.140. The number of benzene rings is 3. The number of hydrogen-bond donors (Lipinski definition) is 0. The van der Waals surface area contributed by atoms with E-state index in [1.807, 2.05) is 6.07 Å². The highest BCUT2D eigenvalue weighted by molar-refractivity contribution is 5.96. The highest BCUT2D eigenvalue weighted by atomic mass is 16.7. The largest absolute Gasteiger partial charge is 0.513 e. The molecule has 1 aliphatic carbocycles. The molecule has 1 saturated carbocycles. The summed E-state index contributed by atoms with van der Waals surface area (Å²) >= 11 is 0. The van der Waals surface area contributed by atoms with Crippen LogP contribution in [0.5, 0.6) is 11.5 Å². The van der Waals surface area contributed by atoms with Crippen LogP contribution < -0.4 is 9.47 Å². The van der Waals surface area contributed by atoms with Crippen molar-refractivity contribution in [2.45, 2.75) is 53.1 Å². The second-order valence-corrected chi connectivity index (χ2v) is 12.1. The molecule has 0 saturated heterocycles. The lowest BCUT2D eigenvalue weighted by atomic mass is 9.75. The van der Waals surface area contributed by atoms with Gasteiger partial charge in [-0.05, 0) is 96.8 Å². The molecule has 0 spiro atoms. The van der Waals surface area contributed by atoms with Gasteiger partial charge in [0, 0.05) is 5.57 Å². The summed E-state index contributed by atoms with van der Waals surface area (Å²) in [5.41, 5.74) is 1.04. The predicted molar refractivity (Wildman–Crippen MR) is 174 cm³/mol. The fourth-order valence-corrected chi connectivity index (χ4v) is 5.42. The second-order valence-electron chi connectivity index (χ2n) is 12.1. The van der Waals surface area contributed by atoms with Crippen LogP contribution >= 0.6 is 0 Å². The van der Waals surface area contributed by atoms with E-state index in [2.05, 4.69) is 27.4 Å². The lowest BCUT2D eigenvalue weighted by Gasteiger charge is -2.36. The van der Waals surface area contributed by atoms with Gasteiger partial charge in [-0.3, -0.25) is 0 Å². The summed E-state index contributed by atoms with van der Waals surface area (Å²) in [4.78, 5) is 49.0. The zero-order valence-corrected chi connectivity index (χ0v) is 27.3. The maximum atomic E-state index is 13.1. The summed E-state index contributed by atoms with van der Waals surface area (Å²) < 4.78 is 31.7. The lowest BCUT2D eigenvalue weighted by Crippen LogP contribution is -2.35. The molecular weight excluding hydrogens is 604 g/mol. The van der Waals surface area contributed by atoms with Crippen LogP contribution in [-0.4, -0.2) is 56.6 Å². The fraction of sp³-hybridized carbons (Fsp3) is 0.405. The quantitative estimate of drug-likeness (QED) is 0.0466. The predicted octanol–water partition coefficient (Wildman–Crippen LogP) is 7.33. The summed E-state index contributed by atoms with van der Waals surface area (Å²) in [6.45, 7) is 11.8. The van der Waals surface area contributed by atoms with E-state index in [4.69, 9.17) is 28.4 Å².